The maximum absolute atomic E-state index is 11.7. The molecule has 0 spiro atoms. The van der Waals surface area contributed by atoms with Crippen molar-refractivity contribution in [2.24, 2.45) is 5.73 Å². The van der Waals surface area contributed by atoms with Crippen LogP contribution in [0.15, 0.2) is 22.7 Å². The third-order valence-electron chi connectivity index (χ3n) is 3.09. The Bertz CT molecular complexity index is 403. The first kappa shape index (κ1) is 13.2. The zero-order chi connectivity index (χ0) is 12.3. The van der Waals surface area contributed by atoms with Crippen molar-refractivity contribution in [3.63, 3.8) is 0 Å². The lowest BCUT2D eigenvalue weighted by Gasteiger charge is -2.28. The molecule has 2 nitrogen and oxygen atoms in total. The minimum atomic E-state index is -0.567. The van der Waals surface area contributed by atoms with E-state index < -0.39 is 5.41 Å². The largest absolute Gasteiger partial charge is 0.369 e. The minimum absolute atomic E-state index is 0.254. The Labute approximate surface area is 105 Å². The molecule has 0 bridgehead atoms. The van der Waals surface area contributed by atoms with E-state index in [9.17, 15) is 4.79 Å². The fraction of sp³-hybridized carbons (Fsp3) is 0.462. The predicted octanol–water partition coefficient (Wildman–Crippen LogP) is 3.30. The van der Waals surface area contributed by atoms with Gasteiger partial charge in [-0.1, -0.05) is 35.3 Å². The van der Waals surface area contributed by atoms with Crippen LogP contribution >= 0.6 is 15.9 Å². The van der Waals surface area contributed by atoms with E-state index in [0.29, 0.717) is 0 Å². The molecule has 0 aromatic heterocycles. The van der Waals surface area contributed by atoms with E-state index in [1.807, 2.05) is 32.0 Å². The molecule has 0 aliphatic heterocycles. The zero-order valence-corrected chi connectivity index (χ0v) is 11.6. The summed E-state index contributed by atoms with van der Waals surface area (Å²) in [4.78, 5) is 11.7. The average molecular weight is 284 g/mol. The van der Waals surface area contributed by atoms with E-state index in [4.69, 9.17) is 5.73 Å². The number of hydrogen-bond donors (Lipinski definition) is 1. The molecule has 0 aliphatic carbocycles. The molecule has 1 rings (SSSR count). The number of amides is 1. The van der Waals surface area contributed by atoms with Crippen LogP contribution in [0, 0.1) is 6.92 Å². The van der Waals surface area contributed by atoms with Gasteiger partial charge in [0.15, 0.2) is 0 Å². The first-order valence-corrected chi connectivity index (χ1v) is 6.27. The highest BCUT2D eigenvalue weighted by atomic mass is 79.9. The van der Waals surface area contributed by atoms with Crippen LogP contribution in [0.2, 0.25) is 0 Å². The monoisotopic (exact) mass is 283 g/mol. The summed E-state index contributed by atoms with van der Waals surface area (Å²) in [5.41, 5.74) is 7.12. The van der Waals surface area contributed by atoms with E-state index in [0.717, 1.165) is 28.4 Å². The third kappa shape index (κ3) is 2.46. The normalized spacial score (nSPS) is 14.5. The van der Waals surface area contributed by atoms with Crippen LogP contribution in [0.4, 0.5) is 0 Å². The highest BCUT2D eigenvalue weighted by molar-refractivity contribution is 9.10. The lowest BCUT2D eigenvalue weighted by Crippen LogP contribution is -2.39. The molecule has 0 saturated carbocycles. The van der Waals surface area contributed by atoms with Crippen LogP contribution in [-0.4, -0.2) is 5.91 Å². The summed E-state index contributed by atoms with van der Waals surface area (Å²) in [6, 6.07) is 5.98. The topological polar surface area (TPSA) is 43.1 Å². The van der Waals surface area contributed by atoms with Gasteiger partial charge in [-0.25, -0.2) is 0 Å². The summed E-state index contributed by atoms with van der Waals surface area (Å²) in [7, 11) is 0. The van der Waals surface area contributed by atoms with Crippen molar-refractivity contribution in [2.45, 2.75) is 39.0 Å². The second-order valence-corrected chi connectivity index (χ2v) is 5.32. The molecule has 1 unspecified atom stereocenters. The quantitative estimate of drug-likeness (QED) is 0.905. The SMILES string of the molecule is CCCC(C)(C(N)=O)c1cc(Br)ccc1C. The predicted molar refractivity (Wildman–Crippen MR) is 70.3 cm³/mol. The molecule has 0 fully saturated rings. The number of nitrogens with two attached hydrogens (primary N) is 1. The summed E-state index contributed by atoms with van der Waals surface area (Å²) in [6.07, 6.45) is 1.71. The van der Waals surface area contributed by atoms with Gasteiger partial charge in [-0.15, -0.1) is 0 Å². The molecular weight excluding hydrogens is 266 g/mol. The Morgan fingerprint density at radius 3 is 2.62 bits per heavy atom. The van der Waals surface area contributed by atoms with Crippen LogP contribution in [-0.2, 0) is 10.2 Å². The number of aryl methyl sites for hydroxylation is 1. The van der Waals surface area contributed by atoms with Crippen molar-refractivity contribution in [3.05, 3.63) is 33.8 Å². The van der Waals surface area contributed by atoms with Gasteiger partial charge in [-0.05, 0) is 43.5 Å². The maximum Gasteiger partial charge on any atom is 0.227 e. The Morgan fingerprint density at radius 1 is 1.50 bits per heavy atom. The fourth-order valence-electron chi connectivity index (χ4n) is 2.08. The van der Waals surface area contributed by atoms with Crippen LogP contribution in [0.3, 0.4) is 0 Å². The Hall–Kier alpha value is -0.830. The molecule has 2 N–H and O–H groups in total. The van der Waals surface area contributed by atoms with Gasteiger partial charge < -0.3 is 5.73 Å². The van der Waals surface area contributed by atoms with Crippen molar-refractivity contribution < 1.29 is 4.79 Å². The molecule has 0 heterocycles. The van der Waals surface area contributed by atoms with Crippen molar-refractivity contribution in [1.82, 2.24) is 0 Å². The van der Waals surface area contributed by atoms with Crippen molar-refractivity contribution in [1.29, 1.82) is 0 Å². The highest BCUT2D eigenvalue weighted by Gasteiger charge is 2.33. The third-order valence-corrected chi connectivity index (χ3v) is 3.58. The highest BCUT2D eigenvalue weighted by Crippen LogP contribution is 2.33. The first-order valence-electron chi connectivity index (χ1n) is 5.48. The number of carbonyl (C=O) groups is 1. The summed E-state index contributed by atoms with van der Waals surface area (Å²) in [5.74, 6) is -0.254. The van der Waals surface area contributed by atoms with Crippen LogP contribution in [0.1, 0.15) is 37.8 Å². The molecule has 1 aromatic carbocycles. The van der Waals surface area contributed by atoms with E-state index in [1.54, 1.807) is 0 Å². The van der Waals surface area contributed by atoms with E-state index in [1.165, 1.54) is 0 Å². The van der Waals surface area contributed by atoms with Gasteiger partial charge in [0.2, 0.25) is 5.91 Å². The van der Waals surface area contributed by atoms with Gasteiger partial charge in [0.25, 0.3) is 0 Å². The number of primary amides is 1. The Balaban J connectivity index is 3.31. The Kier molecular flexibility index (Phi) is 4.14. The second-order valence-electron chi connectivity index (χ2n) is 4.41. The summed E-state index contributed by atoms with van der Waals surface area (Å²) in [5, 5.41) is 0. The standard InChI is InChI=1S/C13H18BrNO/c1-4-7-13(3,12(15)16)11-8-10(14)6-5-9(11)2/h5-6,8H,4,7H2,1-3H3,(H2,15,16). The van der Waals surface area contributed by atoms with Crippen molar-refractivity contribution in [2.75, 3.05) is 0 Å². The van der Waals surface area contributed by atoms with E-state index in [2.05, 4.69) is 22.9 Å². The molecule has 1 amide bonds. The number of carbonyl (C=O) groups excluding carboxylic acids is 1. The lowest BCUT2D eigenvalue weighted by molar-refractivity contribution is -0.123. The van der Waals surface area contributed by atoms with Gasteiger partial charge in [-0.2, -0.15) is 0 Å². The number of hydrogen-bond acceptors (Lipinski definition) is 1. The minimum Gasteiger partial charge on any atom is -0.369 e. The molecule has 88 valence electrons. The molecule has 0 aliphatic rings. The number of benzene rings is 1. The van der Waals surface area contributed by atoms with E-state index >= 15 is 0 Å². The molecule has 3 heteroatoms. The van der Waals surface area contributed by atoms with Gasteiger partial charge in [-0.3, -0.25) is 4.79 Å². The van der Waals surface area contributed by atoms with Crippen molar-refractivity contribution in [3.8, 4) is 0 Å². The number of rotatable bonds is 4. The molecule has 1 atom stereocenters. The zero-order valence-electron chi connectivity index (χ0n) is 10.0. The number of halogens is 1. The summed E-state index contributed by atoms with van der Waals surface area (Å²) in [6.45, 7) is 6.00. The van der Waals surface area contributed by atoms with Gasteiger partial charge in [0.05, 0.1) is 5.41 Å². The lowest BCUT2D eigenvalue weighted by atomic mass is 9.76. The van der Waals surface area contributed by atoms with Crippen molar-refractivity contribution >= 4 is 21.8 Å². The van der Waals surface area contributed by atoms with Gasteiger partial charge in [0, 0.05) is 4.47 Å². The molecule has 0 radical (unpaired) electrons. The van der Waals surface area contributed by atoms with Crippen LogP contribution < -0.4 is 5.73 Å². The molecular formula is C13H18BrNO. The maximum atomic E-state index is 11.7. The molecule has 16 heavy (non-hydrogen) atoms. The first-order chi connectivity index (χ1) is 7.41. The van der Waals surface area contributed by atoms with Crippen LogP contribution in [0.5, 0.6) is 0 Å². The average Bonchev–Trinajstić information content (AvgIpc) is 2.21. The van der Waals surface area contributed by atoms with Crippen LogP contribution in [0.25, 0.3) is 0 Å². The summed E-state index contributed by atoms with van der Waals surface area (Å²) >= 11 is 3.44. The fourth-order valence-corrected chi connectivity index (χ4v) is 2.44. The smallest absolute Gasteiger partial charge is 0.227 e. The molecule has 0 saturated heterocycles. The molecule has 1 aromatic rings. The second kappa shape index (κ2) is 5.00. The van der Waals surface area contributed by atoms with Gasteiger partial charge >= 0.3 is 0 Å². The van der Waals surface area contributed by atoms with E-state index in [-0.39, 0.29) is 5.91 Å². The summed E-state index contributed by atoms with van der Waals surface area (Å²) < 4.78 is 0.983. The van der Waals surface area contributed by atoms with Gasteiger partial charge in [0.1, 0.15) is 0 Å². The Morgan fingerprint density at radius 2 is 2.12 bits per heavy atom.